The molecule has 2 amide bonds. The topological polar surface area (TPSA) is 62.6 Å². The Hall–Kier alpha value is -2.15. The lowest BCUT2D eigenvalue weighted by Gasteiger charge is -2.27. The van der Waals surface area contributed by atoms with Crippen LogP contribution in [-0.2, 0) is 9.59 Å². The highest BCUT2D eigenvalue weighted by Crippen LogP contribution is 2.32. The monoisotopic (exact) mass is 394 g/mol. The molecule has 0 spiro atoms. The van der Waals surface area contributed by atoms with Crippen LogP contribution in [0, 0.1) is 0 Å². The second-order valence-corrected chi connectivity index (χ2v) is 6.42. The van der Waals surface area contributed by atoms with E-state index in [1.807, 2.05) is 0 Å². The maximum Gasteiger partial charge on any atom is 0.265 e. The van der Waals surface area contributed by atoms with Crippen LogP contribution in [0.4, 0.5) is 0 Å². The number of nitrogens with zero attached hydrogens (tertiary/aromatic N) is 1. The van der Waals surface area contributed by atoms with Crippen LogP contribution in [0.3, 0.4) is 0 Å². The first-order valence-corrected chi connectivity index (χ1v) is 8.51. The minimum Gasteiger partial charge on any atom is -0.457 e. The van der Waals surface area contributed by atoms with Gasteiger partial charge in [0.25, 0.3) is 11.8 Å². The van der Waals surface area contributed by atoms with Crippen LogP contribution in [0.1, 0.15) is 12.7 Å². The molecule has 0 unspecified atom stereocenters. The van der Waals surface area contributed by atoms with Crippen LogP contribution in [0.25, 0.3) is 17.4 Å². The molecule has 2 heterocycles. The van der Waals surface area contributed by atoms with Crippen LogP contribution >= 0.6 is 35.4 Å². The lowest BCUT2D eigenvalue weighted by Crippen LogP contribution is -2.53. The highest BCUT2D eigenvalue weighted by atomic mass is 35.5. The number of carbonyl (C=O) groups excluding carboxylic acids is 2. The van der Waals surface area contributed by atoms with Gasteiger partial charge in [0.05, 0.1) is 5.02 Å². The standard InChI is InChI=1S/C17H12Cl2N2O3S/c1-2-21-16(23)12(15(22)20-17(21)25)8-10-4-6-14(24-10)11-7-9(18)3-5-13(11)19/h3-8H,2H2,1H3,(H,20,22,25)/b12-8+. The van der Waals surface area contributed by atoms with Crippen LogP contribution in [0.5, 0.6) is 0 Å². The average Bonchev–Trinajstić information content (AvgIpc) is 3.02. The zero-order valence-corrected chi connectivity index (χ0v) is 15.3. The van der Waals surface area contributed by atoms with Crippen molar-refractivity contribution in [3.63, 3.8) is 0 Å². The number of amides is 2. The Morgan fingerprint density at radius 3 is 2.72 bits per heavy atom. The van der Waals surface area contributed by atoms with Gasteiger partial charge in [-0.2, -0.15) is 0 Å². The van der Waals surface area contributed by atoms with E-state index < -0.39 is 11.8 Å². The highest BCUT2D eigenvalue weighted by molar-refractivity contribution is 7.80. The number of benzene rings is 1. The Balaban J connectivity index is 1.96. The molecule has 0 atom stereocenters. The summed E-state index contributed by atoms with van der Waals surface area (Å²) in [5.41, 5.74) is 0.572. The molecule has 2 aromatic rings. The van der Waals surface area contributed by atoms with Gasteiger partial charge in [0.15, 0.2) is 5.11 Å². The van der Waals surface area contributed by atoms with Crippen LogP contribution in [0.2, 0.25) is 10.0 Å². The average molecular weight is 395 g/mol. The third kappa shape index (κ3) is 3.46. The van der Waals surface area contributed by atoms with Gasteiger partial charge in [-0.3, -0.25) is 19.8 Å². The summed E-state index contributed by atoms with van der Waals surface area (Å²) >= 11 is 17.1. The van der Waals surface area contributed by atoms with Crippen LogP contribution < -0.4 is 5.32 Å². The molecule has 3 rings (SSSR count). The largest absolute Gasteiger partial charge is 0.457 e. The Morgan fingerprint density at radius 2 is 2.00 bits per heavy atom. The number of hydrogen-bond donors (Lipinski definition) is 1. The van der Waals surface area contributed by atoms with Gasteiger partial charge in [0.1, 0.15) is 17.1 Å². The maximum absolute atomic E-state index is 12.4. The summed E-state index contributed by atoms with van der Waals surface area (Å²) in [6.07, 6.45) is 1.38. The summed E-state index contributed by atoms with van der Waals surface area (Å²) in [5, 5.41) is 3.58. The molecule has 1 aromatic carbocycles. The van der Waals surface area contributed by atoms with Gasteiger partial charge in [-0.05, 0) is 55.5 Å². The maximum atomic E-state index is 12.4. The Kier molecular flexibility index (Phi) is 4.94. The summed E-state index contributed by atoms with van der Waals surface area (Å²) < 4.78 is 5.70. The molecule has 1 aliphatic heterocycles. The molecular weight excluding hydrogens is 383 g/mol. The van der Waals surface area contributed by atoms with Gasteiger partial charge >= 0.3 is 0 Å². The van der Waals surface area contributed by atoms with Crippen molar-refractivity contribution in [2.75, 3.05) is 6.54 Å². The zero-order valence-electron chi connectivity index (χ0n) is 13.0. The molecule has 1 N–H and O–H groups in total. The van der Waals surface area contributed by atoms with Gasteiger partial charge in [0, 0.05) is 17.1 Å². The Morgan fingerprint density at radius 1 is 1.24 bits per heavy atom. The first-order chi connectivity index (χ1) is 11.9. The predicted molar refractivity (Wildman–Crippen MR) is 100 cm³/mol. The summed E-state index contributed by atoms with van der Waals surface area (Å²) in [6, 6.07) is 8.35. The van der Waals surface area contributed by atoms with Gasteiger partial charge < -0.3 is 4.42 Å². The molecule has 0 radical (unpaired) electrons. The zero-order chi connectivity index (χ0) is 18.1. The molecule has 1 fully saturated rings. The Bertz CT molecular complexity index is 920. The molecule has 0 saturated carbocycles. The molecule has 5 nitrogen and oxygen atoms in total. The van der Waals surface area contributed by atoms with E-state index in [4.69, 9.17) is 39.8 Å². The smallest absolute Gasteiger partial charge is 0.265 e. The lowest BCUT2D eigenvalue weighted by molar-refractivity contribution is -0.128. The predicted octanol–water partition coefficient (Wildman–Crippen LogP) is 3.90. The SMILES string of the molecule is CCN1C(=O)/C(=C/c2ccc(-c3cc(Cl)ccc3Cl)o2)C(=O)NC1=S. The molecule has 8 heteroatoms. The molecule has 25 heavy (non-hydrogen) atoms. The van der Waals surface area contributed by atoms with E-state index in [1.165, 1.54) is 11.0 Å². The van der Waals surface area contributed by atoms with Gasteiger partial charge in [0.2, 0.25) is 0 Å². The number of nitrogens with one attached hydrogen (secondary N) is 1. The van der Waals surface area contributed by atoms with E-state index in [1.54, 1.807) is 37.3 Å². The number of rotatable bonds is 3. The first kappa shape index (κ1) is 17.7. The molecule has 1 saturated heterocycles. The summed E-state index contributed by atoms with van der Waals surface area (Å²) in [6.45, 7) is 2.13. The fourth-order valence-corrected chi connectivity index (χ4v) is 3.07. The van der Waals surface area contributed by atoms with Crippen molar-refractivity contribution in [3.8, 4) is 11.3 Å². The van der Waals surface area contributed by atoms with Crippen molar-refractivity contribution in [3.05, 3.63) is 51.7 Å². The lowest BCUT2D eigenvalue weighted by atomic mass is 10.1. The summed E-state index contributed by atoms with van der Waals surface area (Å²) in [7, 11) is 0. The minimum atomic E-state index is -0.557. The van der Waals surface area contributed by atoms with Crippen molar-refractivity contribution < 1.29 is 14.0 Å². The van der Waals surface area contributed by atoms with Gasteiger partial charge in [-0.1, -0.05) is 23.2 Å². The molecule has 0 bridgehead atoms. The van der Waals surface area contributed by atoms with E-state index in [0.717, 1.165) is 0 Å². The van der Waals surface area contributed by atoms with Crippen LogP contribution in [0.15, 0.2) is 40.3 Å². The first-order valence-electron chi connectivity index (χ1n) is 7.35. The molecule has 128 valence electrons. The van der Waals surface area contributed by atoms with Crippen LogP contribution in [-0.4, -0.2) is 28.4 Å². The second kappa shape index (κ2) is 7.00. The van der Waals surface area contributed by atoms with E-state index in [-0.39, 0.29) is 10.7 Å². The molecule has 1 aromatic heterocycles. The molecule has 0 aliphatic carbocycles. The quantitative estimate of drug-likeness (QED) is 0.487. The number of likely N-dealkylation sites (N-methyl/N-ethyl adjacent to an activating group) is 1. The number of carbonyl (C=O) groups is 2. The number of halogens is 2. The van der Waals surface area contributed by atoms with E-state index >= 15 is 0 Å². The minimum absolute atomic E-state index is 0.0476. The summed E-state index contributed by atoms with van der Waals surface area (Å²) in [4.78, 5) is 25.8. The third-order valence-electron chi connectivity index (χ3n) is 3.61. The van der Waals surface area contributed by atoms with Crippen molar-refractivity contribution in [1.82, 2.24) is 10.2 Å². The summed E-state index contributed by atoms with van der Waals surface area (Å²) in [5.74, 6) is -0.201. The van der Waals surface area contributed by atoms with Gasteiger partial charge in [-0.25, -0.2) is 0 Å². The van der Waals surface area contributed by atoms with Crippen molar-refractivity contribution in [2.45, 2.75) is 6.92 Å². The van der Waals surface area contributed by atoms with Gasteiger partial charge in [-0.15, -0.1) is 0 Å². The fraction of sp³-hybridized carbons (Fsp3) is 0.118. The Labute approximate surface area is 159 Å². The number of furan rings is 1. The second-order valence-electron chi connectivity index (χ2n) is 5.19. The highest BCUT2D eigenvalue weighted by Gasteiger charge is 2.32. The van der Waals surface area contributed by atoms with E-state index in [9.17, 15) is 9.59 Å². The normalized spacial score (nSPS) is 16.5. The van der Waals surface area contributed by atoms with E-state index in [0.29, 0.717) is 33.7 Å². The van der Waals surface area contributed by atoms with Crippen molar-refractivity contribution >= 4 is 58.4 Å². The third-order valence-corrected chi connectivity index (χ3v) is 4.50. The fourth-order valence-electron chi connectivity index (χ4n) is 2.38. The molecular formula is C17H12Cl2N2O3S. The van der Waals surface area contributed by atoms with Crippen molar-refractivity contribution in [1.29, 1.82) is 0 Å². The number of hydrogen-bond acceptors (Lipinski definition) is 4. The number of thiocarbonyl (C=S) groups is 1. The van der Waals surface area contributed by atoms with E-state index in [2.05, 4.69) is 5.32 Å². The molecule has 1 aliphatic rings. The van der Waals surface area contributed by atoms with Crippen molar-refractivity contribution in [2.24, 2.45) is 0 Å².